The Morgan fingerprint density at radius 1 is 1.42 bits per heavy atom. The largest absolute Gasteiger partial charge is 0.480 e. The first-order chi connectivity index (χ1) is 8.99. The lowest BCUT2D eigenvalue weighted by Crippen LogP contribution is -2.46. The van der Waals surface area contributed by atoms with Gasteiger partial charge in [-0.15, -0.1) is 0 Å². The number of rotatable bonds is 7. The van der Waals surface area contributed by atoms with E-state index in [1.54, 1.807) is 12.1 Å². The number of hydrogen-bond donors (Lipinski definition) is 4. The molecule has 0 aliphatic heterocycles. The van der Waals surface area contributed by atoms with Crippen molar-refractivity contribution in [3.8, 4) is 0 Å². The number of amides is 3. The molecule has 5 N–H and O–H groups in total. The summed E-state index contributed by atoms with van der Waals surface area (Å²) in [4.78, 5) is 32.9. The maximum Gasteiger partial charge on any atom is 0.326 e. The highest BCUT2D eigenvalue weighted by atomic mass is 16.4. The molecular weight excluding hydrogens is 254 g/mol. The zero-order chi connectivity index (χ0) is 14.3. The number of carboxylic acids is 1. The van der Waals surface area contributed by atoms with E-state index < -0.39 is 23.9 Å². The van der Waals surface area contributed by atoms with Crippen LogP contribution in [0, 0.1) is 0 Å². The molecule has 1 aromatic rings. The molecule has 104 valence electrons. The van der Waals surface area contributed by atoms with E-state index in [0.717, 1.165) is 0 Å². The topological polar surface area (TPSA) is 135 Å². The highest BCUT2D eigenvalue weighted by Gasteiger charge is 2.20. The predicted molar refractivity (Wildman–Crippen MR) is 63.9 cm³/mol. The normalized spacial score (nSPS) is 11.6. The third-order valence-electron chi connectivity index (χ3n) is 2.29. The summed E-state index contributed by atoms with van der Waals surface area (Å²) in [5.74, 6) is -1.31. The van der Waals surface area contributed by atoms with E-state index in [1.807, 2.05) is 0 Å². The smallest absolute Gasteiger partial charge is 0.326 e. The average molecular weight is 269 g/mol. The first-order valence-corrected chi connectivity index (χ1v) is 5.57. The number of carbonyl (C=O) groups excluding carboxylic acids is 2. The van der Waals surface area contributed by atoms with Crippen LogP contribution in [-0.2, 0) is 16.1 Å². The molecule has 8 nitrogen and oxygen atoms in total. The molecule has 3 amide bonds. The molecule has 19 heavy (non-hydrogen) atoms. The maximum atomic E-state index is 11.5. The Hall–Kier alpha value is -2.51. The first-order valence-electron chi connectivity index (χ1n) is 5.57. The molecule has 0 radical (unpaired) electrons. The fourth-order valence-corrected chi connectivity index (χ4v) is 1.33. The van der Waals surface area contributed by atoms with Crippen LogP contribution in [0.5, 0.6) is 0 Å². The second-order valence-electron chi connectivity index (χ2n) is 3.80. The van der Waals surface area contributed by atoms with Crippen LogP contribution in [0.2, 0.25) is 0 Å². The van der Waals surface area contributed by atoms with Crippen LogP contribution in [-0.4, -0.2) is 29.1 Å². The Kier molecular flexibility index (Phi) is 5.39. The van der Waals surface area contributed by atoms with Crippen LogP contribution < -0.4 is 16.4 Å². The highest BCUT2D eigenvalue weighted by molar-refractivity contribution is 5.83. The zero-order valence-electron chi connectivity index (χ0n) is 10.1. The van der Waals surface area contributed by atoms with Crippen LogP contribution in [0.15, 0.2) is 22.8 Å². The number of carboxylic acid groups (broad SMARTS) is 1. The van der Waals surface area contributed by atoms with E-state index in [4.69, 9.17) is 15.3 Å². The van der Waals surface area contributed by atoms with Crippen molar-refractivity contribution in [1.29, 1.82) is 0 Å². The molecule has 1 rings (SSSR count). The second-order valence-corrected chi connectivity index (χ2v) is 3.80. The van der Waals surface area contributed by atoms with E-state index in [9.17, 15) is 14.4 Å². The van der Waals surface area contributed by atoms with Crippen LogP contribution in [0.1, 0.15) is 18.6 Å². The number of furan rings is 1. The summed E-state index contributed by atoms with van der Waals surface area (Å²) in [6, 6.07) is 1.52. The average Bonchev–Trinajstić information content (AvgIpc) is 2.84. The predicted octanol–water partition coefficient (Wildman–Crippen LogP) is -0.202. The molecule has 0 aliphatic carbocycles. The van der Waals surface area contributed by atoms with Gasteiger partial charge < -0.3 is 25.9 Å². The number of nitrogens with two attached hydrogens (primary N) is 1. The summed E-state index contributed by atoms with van der Waals surface area (Å²) >= 11 is 0. The molecule has 0 unspecified atom stereocenters. The van der Waals surface area contributed by atoms with Gasteiger partial charge in [0.1, 0.15) is 11.8 Å². The summed E-state index contributed by atoms with van der Waals surface area (Å²) in [5.41, 5.74) is 4.92. The van der Waals surface area contributed by atoms with Gasteiger partial charge in [-0.1, -0.05) is 0 Å². The van der Waals surface area contributed by atoms with Crippen molar-refractivity contribution in [3.63, 3.8) is 0 Å². The molecule has 0 aromatic carbocycles. The van der Waals surface area contributed by atoms with Crippen LogP contribution >= 0.6 is 0 Å². The molecule has 1 atom stereocenters. The van der Waals surface area contributed by atoms with Gasteiger partial charge in [-0.05, 0) is 18.6 Å². The third-order valence-corrected chi connectivity index (χ3v) is 2.29. The molecule has 0 spiro atoms. The Bertz CT molecular complexity index is 443. The van der Waals surface area contributed by atoms with Crippen molar-refractivity contribution in [3.05, 3.63) is 24.2 Å². The first kappa shape index (κ1) is 14.6. The number of aliphatic carboxylic acids is 1. The zero-order valence-corrected chi connectivity index (χ0v) is 10.1. The van der Waals surface area contributed by atoms with E-state index in [0.29, 0.717) is 5.76 Å². The van der Waals surface area contributed by atoms with Crippen molar-refractivity contribution < 1.29 is 23.9 Å². The Labute approximate surface area is 108 Å². The van der Waals surface area contributed by atoms with Gasteiger partial charge in [-0.3, -0.25) is 4.79 Å². The van der Waals surface area contributed by atoms with Crippen LogP contribution in [0.4, 0.5) is 4.79 Å². The Morgan fingerprint density at radius 3 is 2.68 bits per heavy atom. The quantitative estimate of drug-likeness (QED) is 0.543. The van der Waals surface area contributed by atoms with Crippen LogP contribution in [0.25, 0.3) is 0 Å². The molecule has 0 saturated heterocycles. The lowest BCUT2D eigenvalue weighted by molar-refractivity contribution is -0.139. The molecule has 0 bridgehead atoms. The minimum Gasteiger partial charge on any atom is -0.480 e. The SMILES string of the molecule is NC(=O)CC[C@H](NC(=O)NCc1ccco1)C(=O)O. The summed E-state index contributed by atoms with van der Waals surface area (Å²) in [6.45, 7) is 0.140. The van der Waals surface area contributed by atoms with Crippen molar-refractivity contribution in [1.82, 2.24) is 10.6 Å². The number of carbonyl (C=O) groups is 3. The summed E-state index contributed by atoms with van der Waals surface area (Å²) < 4.78 is 5.00. The summed E-state index contributed by atoms with van der Waals surface area (Å²) in [6.07, 6.45) is 1.29. The second kappa shape index (κ2) is 7.04. The molecule has 0 fully saturated rings. The molecule has 1 aromatic heterocycles. The molecule has 1 heterocycles. The number of primary amides is 1. The van der Waals surface area contributed by atoms with E-state index >= 15 is 0 Å². The maximum absolute atomic E-state index is 11.5. The molecule has 0 saturated carbocycles. The van der Waals surface area contributed by atoms with Gasteiger partial charge in [0.05, 0.1) is 12.8 Å². The van der Waals surface area contributed by atoms with Crippen molar-refractivity contribution in [2.24, 2.45) is 5.73 Å². The third kappa shape index (κ3) is 5.57. The van der Waals surface area contributed by atoms with Crippen molar-refractivity contribution in [2.45, 2.75) is 25.4 Å². The monoisotopic (exact) mass is 269 g/mol. The van der Waals surface area contributed by atoms with Gasteiger partial charge in [0.25, 0.3) is 0 Å². The number of hydrogen-bond acceptors (Lipinski definition) is 4. The molecular formula is C11H15N3O5. The van der Waals surface area contributed by atoms with E-state index in [1.165, 1.54) is 6.26 Å². The van der Waals surface area contributed by atoms with Gasteiger partial charge in [0.2, 0.25) is 5.91 Å². The Morgan fingerprint density at radius 2 is 2.16 bits per heavy atom. The summed E-state index contributed by atoms with van der Waals surface area (Å²) in [7, 11) is 0. The number of urea groups is 1. The van der Waals surface area contributed by atoms with Crippen molar-refractivity contribution >= 4 is 17.9 Å². The standard InChI is InChI=1S/C11H15N3O5/c12-9(15)4-3-8(10(16)17)14-11(18)13-6-7-2-1-5-19-7/h1-2,5,8H,3-4,6H2,(H2,12,15)(H,16,17)(H2,13,14,18)/t8-/m0/s1. The highest BCUT2D eigenvalue weighted by Crippen LogP contribution is 2.00. The van der Waals surface area contributed by atoms with Crippen molar-refractivity contribution in [2.75, 3.05) is 0 Å². The van der Waals surface area contributed by atoms with Gasteiger partial charge in [-0.25, -0.2) is 9.59 Å². The fraction of sp³-hybridized carbons (Fsp3) is 0.364. The fourth-order valence-electron chi connectivity index (χ4n) is 1.33. The molecule has 0 aliphatic rings. The minimum absolute atomic E-state index is 0.0567. The summed E-state index contributed by atoms with van der Waals surface area (Å²) in [5, 5.41) is 13.5. The van der Waals surface area contributed by atoms with Crippen LogP contribution in [0.3, 0.4) is 0 Å². The van der Waals surface area contributed by atoms with Gasteiger partial charge in [-0.2, -0.15) is 0 Å². The van der Waals surface area contributed by atoms with Gasteiger partial charge in [0, 0.05) is 6.42 Å². The molecule has 8 heteroatoms. The minimum atomic E-state index is -1.23. The van der Waals surface area contributed by atoms with Gasteiger partial charge in [0.15, 0.2) is 0 Å². The lowest BCUT2D eigenvalue weighted by Gasteiger charge is -2.13. The van der Waals surface area contributed by atoms with Gasteiger partial charge >= 0.3 is 12.0 Å². The van der Waals surface area contributed by atoms with E-state index in [2.05, 4.69) is 10.6 Å². The number of nitrogens with one attached hydrogen (secondary N) is 2. The van der Waals surface area contributed by atoms with E-state index in [-0.39, 0.29) is 19.4 Å². The lowest BCUT2D eigenvalue weighted by atomic mass is 10.1. The Balaban J connectivity index is 2.38.